The molecule has 7 nitrogen and oxygen atoms in total. The smallest absolute Gasteiger partial charge is 0.369 e. The van der Waals surface area contributed by atoms with Crippen molar-refractivity contribution in [2.45, 2.75) is 0 Å². The van der Waals surface area contributed by atoms with E-state index in [0.717, 1.165) is 10.9 Å². The Morgan fingerprint density at radius 1 is 1.15 bits per heavy atom. The molecule has 0 amide bonds. The van der Waals surface area contributed by atoms with E-state index in [2.05, 4.69) is 10.3 Å². The van der Waals surface area contributed by atoms with Crippen LogP contribution in [0.5, 0.6) is 11.5 Å². The molecule has 0 saturated heterocycles. The number of phenolic OH excluding ortho intramolecular Hbond substituents is 2. The van der Waals surface area contributed by atoms with Crippen LogP contribution in [0.1, 0.15) is 10.4 Å². The number of para-hydroxylation sites is 1. The van der Waals surface area contributed by atoms with E-state index in [9.17, 15) is 15.0 Å². The second kappa shape index (κ2) is 4.54. The molecule has 0 spiro atoms. The van der Waals surface area contributed by atoms with Gasteiger partial charge in [0.2, 0.25) is 0 Å². The number of phenols is 2. The third-order valence-corrected chi connectivity index (χ3v) is 2.69. The van der Waals surface area contributed by atoms with Crippen molar-refractivity contribution in [2.75, 3.05) is 0 Å². The van der Waals surface area contributed by atoms with Gasteiger partial charge < -0.3 is 15.1 Å². The van der Waals surface area contributed by atoms with Crippen LogP contribution in [0.25, 0.3) is 11.0 Å². The minimum absolute atomic E-state index is 0.154. The van der Waals surface area contributed by atoms with Crippen LogP contribution in [0.4, 0.5) is 0 Å². The van der Waals surface area contributed by atoms with Crippen molar-refractivity contribution < 1.29 is 19.8 Å². The van der Waals surface area contributed by atoms with E-state index < -0.39 is 5.97 Å². The maximum atomic E-state index is 11.9. The van der Waals surface area contributed by atoms with Crippen molar-refractivity contribution in [3.8, 4) is 11.5 Å². The van der Waals surface area contributed by atoms with Gasteiger partial charge in [0.1, 0.15) is 28.1 Å². The molecule has 0 aliphatic heterocycles. The van der Waals surface area contributed by atoms with Gasteiger partial charge in [0.15, 0.2) is 0 Å². The molecule has 0 aliphatic carbocycles. The fraction of sp³-hybridized carbons (Fsp3) is 0. The summed E-state index contributed by atoms with van der Waals surface area (Å²) in [6.07, 6.45) is 0. The van der Waals surface area contributed by atoms with Gasteiger partial charge in [-0.3, -0.25) is 0 Å². The highest BCUT2D eigenvalue weighted by molar-refractivity contribution is 5.93. The van der Waals surface area contributed by atoms with Crippen molar-refractivity contribution in [1.82, 2.24) is 15.2 Å². The average molecular weight is 271 g/mol. The standard InChI is InChI=1S/C13H9N3O4/c17-8-5-6-12(18)9(7-8)13(19)20-16-11-4-2-1-3-10(11)14-15-16/h1-7,17-18H. The van der Waals surface area contributed by atoms with Gasteiger partial charge >= 0.3 is 5.97 Å². The van der Waals surface area contributed by atoms with Crippen molar-refractivity contribution >= 4 is 17.0 Å². The van der Waals surface area contributed by atoms with Crippen LogP contribution < -0.4 is 4.84 Å². The van der Waals surface area contributed by atoms with E-state index >= 15 is 0 Å². The molecule has 7 heteroatoms. The molecule has 0 unspecified atom stereocenters. The number of carbonyl (C=O) groups excluding carboxylic acids is 1. The molecular formula is C13H9N3O4. The molecule has 100 valence electrons. The molecule has 20 heavy (non-hydrogen) atoms. The predicted octanol–water partition coefficient (Wildman–Crippen LogP) is 1.11. The maximum Gasteiger partial charge on any atom is 0.369 e. The summed E-state index contributed by atoms with van der Waals surface area (Å²) >= 11 is 0. The fourth-order valence-corrected chi connectivity index (χ4v) is 1.73. The van der Waals surface area contributed by atoms with E-state index in [4.69, 9.17) is 4.84 Å². The molecule has 0 atom stereocenters. The number of rotatable bonds is 2. The Kier molecular flexibility index (Phi) is 2.72. The first-order valence-electron chi connectivity index (χ1n) is 5.70. The SMILES string of the molecule is O=C(On1nnc2ccccc21)c1cc(O)ccc1O. The first-order chi connectivity index (χ1) is 9.65. The number of nitrogens with zero attached hydrogens (tertiary/aromatic N) is 3. The number of hydrogen-bond acceptors (Lipinski definition) is 6. The highest BCUT2D eigenvalue weighted by Crippen LogP contribution is 2.22. The Hall–Kier alpha value is -3.09. The molecule has 0 bridgehead atoms. The van der Waals surface area contributed by atoms with Crippen LogP contribution in [0.15, 0.2) is 42.5 Å². The Bertz CT molecular complexity index is 797. The Morgan fingerprint density at radius 2 is 1.95 bits per heavy atom. The number of benzene rings is 2. The third-order valence-electron chi connectivity index (χ3n) is 2.69. The summed E-state index contributed by atoms with van der Waals surface area (Å²) in [6, 6.07) is 10.5. The van der Waals surface area contributed by atoms with Gasteiger partial charge in [-0.05, 0) is 35.5 Å². The molecule has 1 heterocycles. The Morgan fingerprint density at radius 3 is 2.80 bits per heavy atom. The van der Waals surface area contributed by atoms with Crippen molar-refractivity contribution in [3.63, 3.8) is 0 Å². The van der Waals surface area contributed by atoms with E-state index in [0.29, 0.717) is 11.0 Å². The third kappa shape index (κ3) is 2.01. The molecule has 3 rings (SSSR count). The minimum atomic E-state index is -0.853. The van der Waals surface area contributed by atoms with Crippen LogP contribution in [0.2, 0.25) is 0 Å². The lowest BCUT2D eigenvalue weighted by molar-refractivity contribution is 0.0405. The van der Waals surface area contributed by atoms with Gasteiger partial charge in [-0.15, -0.1) is 5.10 Å². The lowest BCUT2D eigenvalue weighted by Crippen LogP contribution is -2.21. The van der Waals surface area contributed by atoms with Crippen LogP contribution in [0, 0.1) is 0 Å². The molecular weight excluding hydrogens is 262 g/mol. The van der Waals surface area contributed by atoms with Crippen molar-refractivity contribution in [1.29, 1.82) is 0 Å². The summed E-state index contributed by atoms with van der Waals surface area (Å²) < 4.78 is 0. The lowest BCUT2D eigenvalue weighted by Gasteiger charge is -2.05. The lowest BCUT2D eigenvalue weighted by atomic mass is 10.2. The first kappa shape index (κ1) is 12.0. The second-order valence-electron chi connectivity index (χ2n) is 4.03. The predicted molar refractivity (Wildman–Crippen MR) is 68.2 cm³/mol. The zero-order chi connectivity index (χ0) is 14.1. The zero-order valence-corrected chi connectivity index (χ0v) is 10.1. The summed E-state index contributed by atoms with van der Waals surface area (Å²) in [5.41, 5.74) is 0.922. The number of aromatic nitrogens is 3. The topological polar surface area (TPSA) is 97.5 Å². The van der Waals surface area contributed by atoms with Crippen molar-refractivity contribution in [2.24, 2.45) is 0 Å². The molecule has 2 aromatic carbocycles. The van der Waals surface area contributed by atoms with Crippen LogP contribution >= 0.6 is 0 Å². The van der Waals surface area contributed by atoms with Gasteiger partial charge in [0.25, 0.3) is 0 Å². The highest BCUT2D eigenvalue weighted by atomic mass is 16.7. The number of fused-ring (bicyclic) bond motifs is 1. The monoisotopic (exact) mass is 271 g/mol. The first-order valence-corrected chi connectivity index (χ1v) is 5.70. The minimum Gasteiger partial charge on any atom is -0.508 e. The second-order valence-corrected chi connectivity index (χ2v) is 4.03. The molecule has 3 aromatic rings. The van der Waals surface area contributed by atoms with E-state index in [1.165, 1.54) is 12.1 Å². The molecule has 1 aromatic heterocycles. The summed E-state index contributed by atoms with van der Waals surface area (Å²) in [5, 5.41) is 26.4. The summed E-state index contributed by atoms with van der Waals surface area (Å²) in [4.78, 5) is 17.9. The van der Waals surface area contributed by atoms with E-state index in [1.54, 1.807) is 24.3 Å². The summed E-state index contributed by atoms with van der Waals surface area (Å²) in [5.74, 6) is -1.30. The van der Waals surface area contributed by atoms with Gasteiger partial charge in [-0.1, -0.05) is 17.0 Å². The van der Waals surface area contributed by atoms with Gasteiger partial charge in [-0.2, -0.15) is 0 Å². The van der Waals surface area contributed by atoms with E-state index in [1.807, 2.05) is 0 Å². The molecule has 2 N–H and O–H groups in total. The highest BCUT2D eigenvalue weighted by Gasteiger charge is 2.16. The maximum absolute atomic E-state index is 11.9. The summed E-state index contributed by atoms with van der Waals surface area (Å²) in [7, 11) is 0. The average Bonchev–Trinajstić information content (AvgIpc) is 2.85. The largest absolute Gasteiger partial charge is 0.508 e. The molecule has 0 fully saturated rings. The molecule has 0 saturated carbocycles. The molecule has 0 radical (unpaired) electrons. The van der Waals surface area contributed by atoms with Gasteiger partial charge in [0, 0.05) is 0 Å². The van der Waals surface area contributed by atoms with E-state index in [-0.39, 0.29) is 17.1 Å². The van der Waals surface area contributed by atoms with Gasteiger partial charge in [0.05, 0.1) is 0 Å². The quantitative estimate of drug-likeness (QED) is 0.535. The number of hydrogen-bond donors (Lipinski definition) is 2. The van der Waals surface area contributed by atoms with Crippen LogP contribution in [0.3, 0.4) is 0 Å². The normalized spacial score (nSPS) is 10.6. The van der Waals surface area contributed by atoms with Crippen LogP contribution in [-0.2, 0) is 0 Å². The summed E-state index contributed by atoms with van der Waals surface area (Å²) in [6.45, 7) is 0. The van der Waals surface area contributed by atoms with Gasteiger partial charge in [-0.25, -0.2) is 4.79 Å². The molecule has 0 aliphatic rings. The Labute approximate surface area is 112 Å². The van der Waals surface area contributed by atoms with Crippen LogP contribution in [-0.4, -0.2) is 31.3 Å². The zero-order valence-electron chi connectivity index (χ0n) is 10.1. The fourth-order valence-electron chi connectivity index (χ4n) is 1.73. The Balaban J connectivity index is 1.94. The van der Waals surface area contributed by atoms with Crippen molar-refractivity contribution in [3.05, 3.63) is 48.0 Å². The number of carbonyl (C=O) groups is 1. The number of aromatic hydroxyl groups is 2.